The molecule has 0 aliphatic carbocycles. The molecule has 1 amide bonds. The number of ether oxygens (including phenoxy) is 1. The van der Waals surface area contributed by atoms with Gasteiger partial charge in [0, 0.05) is 19.5 Å². The molecule has 0 bridgehead atoms. The van der Waals surface area contributed by atoms with E-state index in [2.05, 4.69) is 0 Å². The minimum atomic E-state index is -1.24. The van der Waals surface area contributed by atoms with E-state index < -0.39 is 5.85 Å². The van der Waals surface area contributed by atoms with Gasteiger partial charge in [-0.1, -0.05) is 12.1 Å². The molecule has 1 unspecified atom stereocenters. The van der Waals surface area contributed by atoms with Crippen LogP contribution < -0.4 is 4.74 Å². The molecule has 1 N–H and O–H groups in total. The van der Waals surface area contributed by atoms with Crippen LogP contribution in [0.4, 0.5) is 0 Å². The lowest BCUT2D eigenvalue weighted by molar-refractivity contribution is -0.218. The summed E-state index contributed by atoms with van der Waals surface area (Å²) in [4.78, 5) is 15.3. The zero-order valence-corrected chi connectivity index (χ0v) is 11.6. The monoisotopic (exact) mass is 264 g/mol. The van der Waals surface area contributed by atoms with Crippen LogP contribution in [-0.2, 0) is 11.3 Å². The van der Waals surface area contributed by atoms with Crippen LogP contribution in [0.1, 0.15) is 18.9 Å². The quantitative estimate of drug-likeness (QED) is 0.886. The van der Waals surface area contributed by atoms with Crippen molar-refractivity contribution < 1.29 is 14.6 Å². The maximum absolute atomic E-state index is 12.0. The third-order valence-corrected chi connectivity index (χ3v) is 3.70. The Morgan fingerprint density at radius 2 is 2.00 bits per heavy atom. The van der Waals surface area contributed by atoms with Crippen molar-refractivity contribution in [2.75, 3.05) is 20.7 Å². The van der Waals surface area contributed by atoms with Crippen LogP contribution in [-0.4, -0.2) is 47.4 Å². The Balaban J connectivity index is 2.17. The Morgan fingerprint density at radius 3 is 2.58 bits per heavy atom. The summed E-state index contributed by atoms with van der Waals surface area (Å²) in [6, 6.07) is 7.50. The number of benzene rings is 1. The van der Waals surface area contributed by atoms with E-state index in [1.165, 1.54) is 4.90 Å². The minimum absolute atomic E-state index is 0.0288. The Kier molecular flexibility index (Phi) is 3.78. The molecule has 0 saturated carbocycles. The first kappa shape index (κ1) is 13.8. The Bertz CT molecular complexity index is 456. The van der Waals surface area contributed by atoms with E-state index in [1.54, 1.807) is 18.9 Å². The maximum Gasteiger partial charge on any atom is 0.227 e. The van der Waals surface area contributed by atoms with Gasteiger partial charge in [0.2, 0.25) is 5.91 Å². The first-order chi connectivity index (χ1) is 8.95. The number of rotatable bonds is 3. The van der Waals surface area contributed by atoms with Gasteiger partial charge in [-0.3, -0.25) is 14.6 Å². The predicted octanol–water partition coefficient (Wildman–Crippen LogP) is 1.03. The molecule has 1 heterocycles. The number of amides is 1. The average Bonchev–Trinajstić information content (AvgIpc) is 2.40. The van der Waals surface area contributed by atoms with E-state index in [4.69, 9.17) is 4.74 Å². The molecular weight excluding hydrogens is 244 g/mol. The molecule has 2 rings (SSSR count). The highest BCUT2D eigenvalue weighted by molar-refractivity contribution is 5.77. The molecule has 1 aliphatic rings. The topological polar surface area (TPSA) is 53.0 Å². The van der Waals surface area contributed by atoms with Crippen LogP contribution >= 0.6 is 0 Å². The molecule has 5 nitrogen and oxygen atoms in total. The summed E-state index contributed by atoms with van der Waals surface area (Å²) < 4.78 is 5.10. The smallest absolute Gasteiger partial charge is 0.227 e. The molecule has 0 spiro atoms. The summed E-state index contributed by atoms with van der Waals surface area (Å²) in [5.41, 5.74) is 0.963. The molecule has 1 aromatic carbocycles. The molecule has 1 saturated heterocycles. The van der Waals surface area contributed by atoms with Gasteiger partial charge in [0.05, 0.1) is 7.11 Å². The summed E-state index contributed by atoms with van der Waals surface area (Å²) in [6.45, 7) is 2.61. The number of carbonyl (C=O) groups is 1. The van der Waals surface area contributed by atoms with Crippen LogP contribution in [0.5, 0.6) is 5.75 Å². The number of hydrogen-bond acceptors (Lipinski definition) is 4. The highest BCUT2D eigenvalue weighted by atomic mass is 16.5. The third-order valence-electron chi connectivity index (χ3n) is 3.70. The zero-order valence-electron chi connectivity index (χ0n) is 11.6. The van der Waals surface area contributed by atoms with Crippen molar-refractivity contribution in [2.24, 2.45) is 0 Å². The molecule has 1 aromatic rings. The predicted molar refractivity (Wildman–Crippen MR) is 71.4 cm³/mol. The van der Waals surface area contributed by atoms with Gasteiger partial charge in [-0.05, 0) is 31.7 Å². The lowest BCUT2D eigenvalue weighted by atomic mass is 10.1. The van der Waals surface area contributed by atoms with Gasteiger partial charge in [-0.15, -0.1) is 0 Å². The standard InChI is InChI=1S/C14H20N2O3/c1-14(18)15(2)9-8-13(17)16(14)10-11-4-6-12(19-3)7-5-11/h4-7,18H,8-10H2,1-3H3. The van der Waals surface area contributed by atoms with E-state index in [-0.39, 0.29) is 5.91 Å². The Labute approximate surface area is 113 Å². The summed E-state index contributed by atoms with van der Waals surface area (Å²) in [6.07, 6.45) is 0.433. The summed E-state index contributed by atoms with van der Waals surface area (Å²) in [5.74, 6) is -0.494. The van der Waals surface area contributed by atoms with Gasteiger partial charge >= 0.3 is 0 Å². The largest absolute Gasteiger partial charge is 0.497 e. The number of hydrogen-bond donors (Lipinski definition) is 1. The van der Waals surface area contributed by atoms with Gasteiger partial charge in [0.1, 0.15) is 5.75 Å². The minimum Gasteiger partial charge on any atom is -0.497 e. The fourth-order valence-corrected chi connectivity index (χ4v) is 2.20. The highest BCUT2D eigenvalue weighted by Gasteiger charge is 2.40. The molecule has 1 atom stereocenters. The van der Waals surface area contributed by atoms with Crippen molar-refractivity contribution >= 4 is 5.91 Å². The zero-order chi connectivity index (χ0) is 14.0. The molecule has 0 radical (unpaired) electrons. The van der Waals surface area contributed by atoms with Crippen LogP contribution in [0.15, 0.2) is 24.3 Å². The van der Waals surface area contributed by atoms with E-state index >= 15 is 0 Å². The normalized spacial score (nSPS) is 24.6. The van der Waals surface area contributed by atoms with Crippen LogP contribution in [0.25, 0.3) is 0 Å². The second-order valence-corrected chi connectivity index (χ2v) is 4.97. The molecule has 0 aromatic heterocycles. The van der Waals surface area contributed by atoms with Crippen molar-refractivity contribution in [3.8, 4) is 5.75 Å². The Hall–Kier alpha value is -1.59. The van der Waals surface area contributed by atoms with Crippen molar-refractivity contribution in [3.05, 3.63) is 29.8 Å². The second kappa shape index (κ2) is 5.19. The van der Waals surface area contributed by atoms with E-state index in [9.17, 15) is 9.90 Å². The molecule has 1 aliphatic heterocycles. The lowest BCUT2D eigenvalue weighted by Gasteiger charge is -2.46. The molecule has 104 valence electrons. The van der Waals surface area contributed by atoms with Crippen molar-refractivity contribution in [3.63, 3.8) is 0 Å². The van der Waals surface area contributed by atoms with Gasteiger partial charge in [-0.2, -0.15) is 0 Å². The van der Waals surface area contributed by atoms with Crippen LogP contribution in [0.2, 0.25) is 0 Å². The van der Waals surface area contributed by atoms with Crippen molar-refractivity contribution in [1.29, 1.82) is 0 Å². The van der Waals surface area contributed by atoms with Gasteiger partial charge in [0.25, 0.3) is 0 Å². The summed E-state index contributed by atoms with van der Waals surface area (Å²) in [5, 5.41) is 10.4. The number of carbonyl (C=O) groups excluding carboxylic acids is 1. The Morgan fingerprint density at radius 1 is 1.37 bits per heavy atom. The molecular formula is C14H20N2O3. The highest BCUT2D eigenvalue weighted by Crippen LogP contribution is 2.25. The first-order valence-electron chi connectivity index (χ1n) is 6.32. The van der Waals surface area contributed by atoms with E-state index in [1.807, 2.05) is 31.3 Å². The van der Waals surface area contributed by atoms with Gasteiger partial charge in [0.15, 0.2) is 5.85 Å². The number of aliphatic hydroxyl groups is 1. The fraction of sp³-hybridized carbons (Fsp3) is 0.500. The number of nitrogens with zero attached hydrogens (tertiary/aromatic N) is 2. The van der Waals surface area contributed by atoms with Gasteiger partial charge in [-0.25, -0.2) is 0 Å². The van der Waals surface area contributed by atoms with E-state index in [0.29, 0.717) is 19.5 Å². The first-order valence-corrected chi connectivity index (χ1v) is 6.32. The van der Waals surface area contributed by atoms with Gasteiger partial charge < -0.3 is 9.84 Å². The van der Waals surface area contributed by atoms with Crippen LogP contribution in [0.3, 0.4) is 0 Å². The van der Waals surface area contributed by atoms with Crippen molar-refractivity contribution in [2.45, 2.75) is 25.7 Å². The lowest BCUT2D eigenvalue weighted by Crippen LogP contribution is -2.63. The summed E-state index contributed by atoms with van der Waals surface area (Å²) in [7, 11) is 3.43. The third kappa shape index (κ3) is 2.72. The molecule has 19 heavy (non-hydrogen) atoms. The molecule has 5 heteroatoms. The molecule has 1 fully saturated rings. The average molecular weight is 264 g/mol. The second-order valence-electron chi connectivity index (χ2n) is 4.97. The number of methoxy groups -OCH3 is 1. The fourth-order valence-electron chi connectivity index (χ4n) is 2.20. The SMILES string of the molecule is COc1ccc(CN2C(=O)CCN(C)C2(C)O)cc1. The summed E-state index contributed by atoms with van der Waals surface area (Å²) >= 11 is 0. The maximum atomic E-state index is 12.0. The van der Waals surface area contributed by atoms with Crippen molar-refractivity contribution in [1.82, 2.24) is 9.80 Å². The van der Waals surface area contributed by atoms with E-state index in [0.717, 1.165) is 11.3 Å². The van der Waals surface area contributed by atoms with Crippen LogP contribution in [0, 0.1) is 0 Å².